The molecule has 0 amide bonds. The van der Waals surface area contributed by atoms with E-state index in [2.05, 4.69) is 36.7 Å². The summed E-state index contributed by atoms with van der Waals surface area (Å²) in [4.78, 5) is 12.1. The number of nitrogens with zero attached hydrogens (tertiary/aromatic N) is 4. The Morgan fingerprint density at radius 3 is 2.88 bits per heavy atom. The van der Waals surface area contributed by atoms with Gasteiger partial charge in [-0.15, -0.1) is 0 Å². The summed E-state index contributed by atoms with van der Waals surface area (Å²) in [6.45, 7) is 0.571. The Kier molecular flexibility index (Phi) is 4.11. The maximum absolute atomic E-state index is 13.5. The highest BCUT2D eigenvalue weighted by Crippen LogP contribution is 2.35. The molecular weight excluding hydrogens is 411 g/mol. The van der Waals surface area contributed by atoms with E-state index in [1.54, 1.807) is 0 Å². The van der Waals surface area contributed by atoms with Crippen molar-refractivity contribution < 1.29 is 13.5 Å². The number of aromatic nitrogens is 4. The van der Waals surface area contributed by atoms with Crippen molar-refractivity contribution in [1.29, 1.82) is 0 Å². The van der Waals surface area contributed by atoms with Gasteiger partial charge in [-0.3, -0.25) is 4.52 Å². The Balaban J connectivity index is 1.66. The van der Waals surface area contributed by atoms with E-state index >= 15 is 0 Å². The Morgan fingerprint density at radius 2 is 2.15 bits per heavy atom. The number of nitrogens with one attached hydrogen (secondary N) is 1. The molecule has 1 saturated carbocycles. The topological polar surface area (TPSA) is 125 Å². The fourth-order valence-corrected chi connectivity index (χ4v) is 2.91. The molecule has 0 bridgehead atoms. The molecule has 4 rings (SSSR count). The monoisotopic (exact) mass is 424 g/mol. The predicted molar refractivity (Wildman–Crippen MR) is 92.3 cm³/mol. The average molecular weight is 425 g/mol. The van der Waals surface area contributed by atoms with Gasteiger partial charge in [-0.2, -0.15) is 0 Å². The minimum Gasteiger partial charge on any atom is -0.365 e. The minimum atomic E-state index is -0.744. The Hall–Kier alpha value is -2.53. The van der Waals surface area contributed by atoms with Gasteiger partial charge in [-0.05, 0) is 63.7 Å². The molecule has 3 aromatic rings. The van der Waals surface area contributed by atoms with Gasteiger partial charge in [0.15, 0.2) is 5.69 Å². The molecule has 0 spiro atoms. The van der Waals surface area contributed by atoms with E-state index in [0.29, 0.717) is 18.1 Å². The van der Waals surface area contributed by atoms with Crippen LogP contribution in [0.3, 0.4) is 0 Å². The molecule has 1 aliphatic rings. The number of benzene rings is 1. The fourth-order valence-electron chi connectivity index (χ4n) is 2.54. The number of nitrogens with two attached hydrogens (primary N) is 1. The second-order valence-electron chi connectivity index (χ2n) is 6.21. The summed E-state index contributed by atoms with van der Waals surface area (Å²) in [5.41, 5.74) is 6.51. The number of halogens is 2. The van der Waals surface area contributed by atoms with E-state index in [-0.39, 0.29) is 21.5 Å². The summed E-state index contributed by atoms with van der Waals surface area (Å²) in [5, 5.41) is 14.5. The van der Waals surface area contributed by atoms with E-state index < -0.39 is 11.6 Å². The molecule has 9 nitrogen and oxygen atoms in total. The van der Waals surface area contributed by atoms with E-state index in [0.717, 1.165) is 23.8 Å². The molecule has 0 unspecified atom stereocenters. The Bertz CT molecular complexity index is 1010. The van der Waals surface area contributed by atoms with Crippen LogP contribution < -0.4 is 16.8 Å². The maximum atomic E-state index is 13.5. The molecule has 1 fully saturated rings. The fraction of sp³-hybridized carbons (Fsp3) is 0.333. The van der Waals surface area contributed by atoms with Gasteiger partial charge in [0.25, 0.3) is 0 Å². The van der Waals surface area contributed by atoms with E-state index in [4.69, 9.17) is 14.9 Å². The lowest BCUT2D eigenvalue weighted by Gasteiger charge is -2.09. The van der Waals surface area contributed by atoms with E-state index in [1.807, 2.05) is 0 Å². The zero-order valence-corrected chi connectivity index (χ0v) is 15.0. The molecule has 11 heteroatoms. The van der Waals surface area contributed by atoms with Gasteiger partial charge in [0.1, 0.15) is 5.82 Å². The van der Waals surface area contributed by atoms with Crippen molar-refractivity contribution >= 4 is 21.7 Å². The normalized spacial score (nSPS) is 15.2. The molecular formula is C15H14BrFN6O3. The molecule has 0 atom stereocenters. The largest absolute Gasteiger partial charge is 0.446 e. The molecule has 2 aromatic heterocycles. The molecule has 0 aliphatic heterocycles. The number of hydrogen-bond acceptors (Lipinski definition) is 8. The Labute approximate surface area is 154 Å². The van der Waals surface area contributed by atoms with Crippen LogP contribution in [0.25, 0.3) is 17.2 Å². The third kappa shape index (κ3) is 3.15. The summed E-state index contributed by atoms with van der Waals surface area (Å²) >= 11 is 3.09. The van der Waals surface area contributed by atoms with E-state index in [1.165, 1.54) is 18.2 Å². The maximum Gasteiger partial charge on any atom is 0.446 e. The van der Waals surface area contributed by atoms with Gasteiger partial charge < -0.3 is 11.1 Å². The van der Waals surface area contributed by atoms with Gasteiger partial charge in [-0.1, -0.05) is 5.16 Å². The smallest absolute Gasteiger partial charge is 0.365 e. The zero-order chi connectivity index (χ0) is 18.3. The van der Waals surface area contributed by atoms with Crippen molar-refractivity contribution in [2.24, 2.45) is 5.73 Å². The van der Waals surface area contributed by atoms with Gasteiger partial charge in [-0.25, -0.2) is 18.4 Å². The highest BCUT2D eigenvalue weighted by molar-refractivity contribution is 9.10. The lowest BCUT2D eigenvalue weighted by Crippen LogP contribution is -2.25. The molecule has 1 aliphatic carbocycles. The van der Waals surface area contributed by atoms with Crippen LogP contribution in [0.2, 0.25) is 0 Å². The predicted octanol–water partition coefficient (Wildman–Crippen LogP) is 2.07. The first-order valence-electron chi connectivity index (χ1n) is 7.87. The number of hydrogen-bond donors (Lipinski definition) is 2. The quantitative estimate of drug-likeness (QED) is 0.615. The van der Waals surface area contributed by atoms with Gasteiger partial charge in [0, 0.05) is 12.1 Å². The number of anilines is 1. The van der Waals surface area contributed by atoms with Crippen LogP contribution in [0, 0.1) is 5.82 Å². The van der Waals surface area contributed by atoms with Crippen LogP contribution in [0.15, 0.2) is 36.6 Å². The molecule has 1 aromatic carbocycles. The molecule has 136 valence electrons. The van der Waals surface area contributed by atoms with Crippen molar-refractivity contribution in [3.8, 4) is 17.2 Å². The minimum absolute atomic E-state index is 0.0890. The Morgan fingerprint density at radius 1 is 1.35 bits per heavy atom. The zero-order valence-electron chi connectivity index (χ0n) is 13.4. The third-order valence-electron chi connectivity index (χ3n) is 4.27. The molecule has 0 radical (unpaired) electrons. The van der Waals surface area contributed by atoms with Gasteiger partial charge >= 0.3 is 5.76 Å². The summed E-state index contributed by atoms with van der Waals surface area (Å²) in [7, 11) is 0. The van der Waals surface area contributed by atoms with Gasteiger partial charge in [0.05, 0.1) is 10.2 Å². The lowest BCUT2D eigenvalue weighted by atomic mass is 10.2. The van der Waals surface area contributed by atoms with Crippen LogP contribution in [0.4, 0.5) is 10.2 Å². The van der Waals surface area contributed by atoms with Crippen molar-refractivity contribution in [2.75, 3.05) is 11.9 Å². The van der Waals surface area contributed by atoms with Crippen molar-refractivity contribution in [3.63, 3.8) is 0 Å². The third-order valence-corrected chi connectivity index (χ3v) is 4.88. The second kappa shape index (κ2) is 6.32. The van der Waals surface area contributed by atoms with Crippen LogP contribution in [0.5, 0.6) is 0 Å². The second-order valence-corrected chi connectivity index (χ2v) is 7.06. The van der Waals surface area contributed by atoms with Crippen molar-refractivity contribution in [2.45, 2.75) is 24.8 Å². The van der Waals surface area contributed by atoms with Crippen LogP contribution >= 0.6 is 15.9 Å². The standard InChI is InChI=1S/C15H14BrFN6O3/c16-9-7-8(1-2-10(9)17)23-13(22-25-14(23)24)11-12(21-26-20-11)19-6-5-15(18)3-4-15/h1-2,7H,3-6,18H2,(H,19,21). The number of rotatable bonds is 6. The lowest BCUT2D eigenvalue weighted by molar-refractivity contribution is 0.309. The first-order valence-corrected chi connectivity index (χ1v) is 8.66. The van der Waals surface area contributed by atoms with Crippen LogP contribution in [0.1, 0.15) is 19.3 Å². The van der Waals surface area contributed by atoms with E-state index in [9.17, 15) is 9.18 Å². The summed E-state index contributed by atoms with van der Waals surface area (Å²) in [6, 6.07) is 4.08. The highest BCUT2D eigenvalue weighted by Gasteiger charge is 2.37. The van der Waals surface area contributed by atoms with Crippen LogP contribution in [-0.2, 0) is 0 Å². The van der Waals surface area contributed by atoms with Crippen molar-refractivity contribution in [3.05, 3.63) is 39.0 Å². The average Bonchev–Trinajstić information content (AvgIpc) is 3.01. The molecule has 0 saturated heterocycles. The van der Waals surface area contributed by atoms with Crippen molar-refractivity contribution in [1.82, 2.24) is 20.0 Å². The van der Waals surface area contributed by atoms with Gasteiger partial charge in [0.2, 0.25) is 11.6 Å². The highest BCUT2D eigenvalue weighted by atomic mass is 79.9. The first kappa shape index (κ1) is 16.9. The van der Waals surface area contributed by atoms with Crippen LogP contribution in [-0.4, -0.2) is 32.1 Å². The summed E-state index contributed by atoms with van der Waals surface area (Å²) in [6.07, 6.45) is 2.78. The molecule has 3 N–H and O–H groups in total. The molecule has 2 heterocycles. The summed E-state index contributed by atoms with van der Waals surface area (Å²) < 4.78 is 24.4. The first-order chi connectivity index (χ1) is 12.5. The molecule has 26 heavy (non-hydrogen) atoms. The SMILES string of the molecule is NC1(CCNc2nonc2-c2noc(=O)n2-c2ccc(F)c(Br)c2)CC1. The summed E-state index contributed by atoms with van der Waals surface area (Å²) in [5.74, 6) is -0.795.